The van der Waals surface area contributed by atoms with Gasteiger partial charge in [0.15, 0.2) is 0 Å². The minimum atomic E-state index is -0.714. The number of amides is 3. The molecule has 0 spiro atoms. The van der Waals surface area contributed by atoms with Crippen molar-refractivity contribution < 1.29 is 18.8 Å². The molecular weight excluding hydrogens is 680 g/mol. The van der Waals surface area contributed by atoms with Crippen molar-refractivity contribution in [3.05, 3.63) is 165 Å². The van der Waals surface area contributed by atoms with Crippen LogP contribution in [0.3, 0.4) is 0 Å². The molecule has 11 heteroatoms. The van der Waals surface area contributed by atoms with Gasteiger partial charge in [-0.2, -0.15) is 0 Å². The lowest BCUT2D eigenvalue weighted by Crippen LogP contribution is -2.30. The molecule has 0 aliphatic carbocycles. The summed E-state index contributed by atoms with van der Waals surface area (Å²) in [6.07, 6.45) is 1.41. The number of benzene rings is 5. The van der Waals surface area contributed by atoms with Gasteiger partial charge >= 0.3 is 0 Å². The van der Waals surface area contributed by atoms with E-state index in [-0.39, 0.29) is 16.6 Å². The van der Waals surface area contributed by atoms with Gasteiger partial charge in [0.25, 0.3) is 11.8 Å². The van der Waals surface area contributed by atoms with Crippen LogP contribution >= 0.6 is 46.6 Å². The van der Waals surface area contributed by atoms with E-state index in [2.05, 4.69) is 16.0 Å². The van der Waals surface area contributed by atoms with Gasteiger partial charge in [0.05, 0.1) is 5.02 Å². The predicted molar refractivity (Wildman–Crippen MR) is 188 cm³/mol. The molecule has 0 aliphatic rings. The first-order valence-corrected chi connectivity index (χ1v) is 16.1. The minimum absolute atomic E-state index is 0.0913. The summed E-state index contributed by atoms with van der Waals surface area (Å²) in [6, 6.07) is 33.4. The van der Waals surface area contributed by atoms with Crippen LogP contribution in [0, 0.1) is 5.82 Å². The van der Waals surface area contributed by atoms with Gasteiger partial charge in [-0.15, -0.1) is 11.8 Å². The van der Waals surface area contributed by atoms with Crippen molar-refractivity contribution in [1.29, 1.82) is 0 Å². The number of hydrogen-bond acceptors (Lipinski definition) is 4. The molecule has 3 N–H and O–H groups in total. The first-order valence-electron chi connectivity index (χ1n) is 14.1. The lowest BCUT2D eigenvalue weighted by Gasteiger charge is -2.18. The van der Waals surface area contributed by atoms with E-state index in [1.807, 2.05) is 30.3 Å². The summed E-state index contributed by atoms with van der Waals surface area (Å²) < 4.78 is 13.7. The summed E-state index contributed by atoms with van der Waals surface area (Å²) in [4.78, 5) is 40.9. The van der Waals surface area contributed by atoms with E-state index < -0.39 is 22.9 Å². The molecule has 0 saturated carbocycles. The van der Waals surface area contributed by atoms with Crippen LogP contribution in [0.1, 0.15) is 26.7 Å². The molecule has 5 rings (SSSR count). The van der Waals surface area contributed by atoms with Gasteiger partial charge in [0.1, 0.15) is 16.8 Å². The Kier molecular flexibility index (Phi) is 11.3. The molecule has 5 aromatic rings. The second-order valence-corrected chi connectivity index (χ2v) is 12.4. The number of rotatable bonds is 10. The zero-order valence-corrected chi connectivity index (χ0v) is 27.4. The van der Waals surface area contributed by atoms with E-state index in [1.165, 1.54) is 36.0 Å². The summed E-state index contributed by atoms with van der Waals surface area (Å²) in [6.45, 7) is 0. The number of carbonyl (C=O) groups is 3. The van der Waals surface area contributed by atoms with Crippen LogP contribution in [0.2, 0.25) is 15.1 Å². The molecule has 3 amide bonds. The van der Waals surface area contributed by atoms with Gasteiger partial charge in [0, 0.05) is 37.4 Å². The number of halogens is 4. The van der Waals surface area contributed by atoms with E-state index in [1.54, 1.807) is 72.8 Å². The summed E-state index contributed by atoms with van der Waals surface area (Å²) >= 11 is 19.9. The quantitative estimate of drug-likeness (QED) is 0.0998. The minimum Gasteiger partial charge on any atom is -0.325 e. The Balaban J connectivity index is 1.40. The van der Waals surface area contributed by atoms with Crippen molar-refractivity contribution in [1.82, 2.24) is 5.32 Å². The number of thioether (sulfide) groups is 1. The first kappa shape index (κ1) is 33.8. The highest BCUT2D eigenvalue weighted by Gasteiger charge is 2.23. The number of nitrogens with one attached hydrogen (secondary N) is 3. The van der Waals surface area contributed by atoms with E-state index >= 15 is 0 Å². The molecule has 236 valence electrons. The summed E-state index contributed by atoms with van der Waals surface area (Å²) in [7, 11) is 0. The fraction of sp³-hybridized carbons (Fsp3) is 0.0278. The van der Waals surface area contributed by atoms with E-state index in [4.69, 9.17) is 34.8 Å². The highest BCUT2D eigenvalue weighted by atomic mass is 35.5. The second-order valence-electron chi connectivity index (χ2n) is 10.0. The second kappa shape index (κ2) is 15.8. The molecule has 6 nitrogen and oxygen atoms in total. The standard InChI is InChI=1S/C36H25Cl3FN3O3S/c37-28-15-8-16-29(38)27(28)21-32(43-34(44)23-11-5-2-6-12-23)35(45)41-24-13-7-14-26(19-24)47-33(22-9-3-1-4-10-22)36(46)42-25-17-18-31(40)30(39)20-25/h1-21,33H,(H,41,45)(H,42,46)(H,43,44)/b32-21+. The molecule has 1 atom stereocenters. The molecule has 0 aromatic heterocycles. The normalized spacial score (nSPS) is 11.8. The molecule has 0 aliphatic heterocycles. The van der Waals surface area contributed by atoms with Gasteiger partial charge in [-0.1, -0.05) is 95.5 Å². The fourth-order valence-corrected chi connectivity index (χ4v) is 6.17. The Bertz CT molecular complexity index is 1940. The monoisotopic (exact) mass is 703 g/mol. The smallest absolute Gasteiger partial charge is 0.272 e. The van der Waals surface area contributed by atoms with Gasteiger partial charge in [-0.25, -0.2) is 4.39 Å². The number of hydrogen-bond donors (Lipinski definition) is 3. The molecule has 47 heavy (non-hydrogen) atoms. The molecule has 5 aromatic carbocycles. The lowest BCUT2D eigenvalue weighted by molar-refractivity contribution is -0.116. The molecule has 1 unspecified atom stereocenters. The highest BCUT2D eigenvalue weighted by Crippen LogP contribution is 2.37. The van der Waals surface area contributed by atoms with Gasteiger partial charge in [0.2, 0.25) is 5.91 Å². The van der Waals surface area contributed by atoms with Crippen molar-refractivity contribution in [2.75, 3.05) is 10.6 Å². The zero-order valence-electron chi connectivity index (χ0n) is 24.3. The largest absolute Gasteiger partial charge is 0.325 e. The molecule has 0 radical (unpaired) electrons. The topological polar surface area (TPSA) is 87.3 Å². The Hall–Kier alpha value is -4.60. The van der Waals surface area contributed by atoms with Crippen LogP contribution < -0.4 is 16.0 Å². The molecule has 0 saturated heterocycles. The SMILES string of the molecule is O=C(Nc1cccc(SC(C(=O)Nc2ccc(F)c(Cl)c2)c2ccccc2)c1)/C(=C\c1c(Cl)cccc1Cl)NC(=O)c1ccccc1. The van der Waals surface area contributed by atoms with E-state index in [0.29, 0.717) is 37.4 Å². The van der Waals surface area contributed by atoms with Crippen LogP contribution in [-0.2, 0) is 9.59 Å². The molecule has 0 fully saturated rings. The van der Waals surface area contributed by atoms with Crippen LogP contribution in [0.15, 0.2) is 132 Å². The Morgan fingerprint density at radius 1 is 0.681 bits per heavy atom. The van der Waals surface area contributed by atoms with Crippen LogP contribution in [0.4, 0.5) is 15.8 Å². The third-order valence-corrected chi connectivity index (χ3v) is 8.89. The number of carbonyl (C=O) groups excluding carboxylic acids is 3. The maximum absolute atomic E-state index is 13.7. The van der Waals surface area contributed by atoms with Crippen molar-refractivity contribution >= 4 is 81.7 Å². The Morgan fingerprint density at radius 2 is 1.32 bits per heavy atom. The van der Waals surface area contributed by atoms with Crippen LogP contribution in [0.25, 0.3) is 6.08 Å². The maximum atomic E-state index is 13.7. The lowest BCUT2D eigenvalue weighted by atomic mass is 10.1. The van der Waals surface area contributed by atoms with E-state index in [9.17, 15) is 18.8 Å². The summed E-state index contributed by atoms with van der Waals surface area (Å²) in [5, 5.41) is 8.06. The zero-order chi connectivity index (χ0) is 33.3. The summed E-state index contributed by atoms with van der Waals surface area (Å²) in [5.74, 6) is -2.08. The highest BCUT2D eigenvalue weighted by molar-refractivity contribution is 8.00. The fourth-order valence-electron chi connectivity index (χ4n) is 4.40. The van der Waals surface area contributed by atoms with E-state index in [0.717, 1.165) is 5.56 Å². The average Bonchev–Trinajstić information content (AvgIpc) is 3.07. The first-order chi connectivity index (χ1) is 22.7. The molecular formula is C36H25Cl3FN3O3S. The third kappa shape index (κ3) is 9.02. The van der Waals surface area contributed by atoms with Crippen LogP contribution in [0.5, 0.6) is 0 Å². The van der Waals surface area contributed by atoms with Crippen LogP contribution in [-0.4, -0.2) is 17.7 Å². The van der Waals surface area contributed by atoms with Crippen molar-refractivity contribution in [3.8, 4) is 0 Å². The summed E-state index contributed by atoms with van der Waals surface area (Å²) in [5.41, 5.74) is 2.09. The number of anilines is 2. The predicted octanol–water partition coefficient (Wildman–Crippen LogP) is 9.67. The van der Waals surface area contributed by atoms with Gasteiger partial charge in [-0.3, -0.25) is 14.4 Å². The molecule has 0 bridgehead atoms. The average molecular weight is 705 g/mol. The Morgan fingerprint density at radius 3 is 2.00 bits per heavy atom. The van der Waals surface area contributed by atoms with Gasteiger partial charge < -0.3 is 16.0 Å². The van der Waals surface area contributed by atoms with Gasteiger partial charge in [-0.05, 0) is 72.3 Å². The van der Waals surface area contributed by atoms with Crippen molar-refractivity contribution in [2.24, 2.45) is 0 Å². The maximum Gasteiger partial charge on any atom is 0.272 e. The molecule has 0 heterocycles. The Labute approximate surface area is 289 Å². The third-order valence-electron chi connectivity index (χ3n) is 6.69. The van der Waals surface area contributed by atoms with Crippen molar-refractivity contribution in [3.63, 3.8) is 0 Å². The van der Waals surface area contributed by atoms with Crippen molar-refractivity contribution in [2.45, 2.75) is 10.1 Å².